The zero-order valence-corrected chi connectivity index (χ0v) is 12.2. The molecule has 0 spiro atoms. The first-order valence-corrected chi connectivity index (χ1v) is 7.32. The average molecular weight is 270 g/mol. The molecular weight excluding hydrogens is 248 g/mol. The molecule has 1 fully saturated rings. The second kappa shape index (κ2) is 5.57. The van der Waals surface area contributed by atoms with Crippen LogP contribution in [0.5, 0.6) is 0 Å². The van der Waals surface area contributed by atoms with E-state index in [0.29, 0.717) is 6.04 Å². The molecule has 106 valence electrons. The molecule has 0 atom stereocenters. The molecule has 1 saturated carbocycles. The Kier molecular flexibility index (Phi) is 3.63. The van der Waals surface area contributed by atoms with Gasteiger partial charge >= 0.3 is 0 Å². The van der Waals surface area contributed by atoms with Crippen LogP contribution < -0.4 is 10.2 Å². The van der Waals surface area contributed by atoms with E-state index in [-0.39, 0.29) is 0 Å². The molecule has 0 radical (unpaired) electrons. The molecular formula is C16H22N4. The third-order valence-electron chi connectivity index (χ3n) is 3.97. The number of aromatic nitrogens is 2. The Morgan fingerprint density at radius 1 is 1.15 bits per heavy atom. The van der Waals surface area contributed by atoms with Crippen molar-refractivity contribution >= 4 is 11.6 Å². The number of hydrogen-bond donors (Lipinski definition) is 1. The number of benzene rings is 1. The van der Waals surface area contributed by atoms with Crippen molar-refractivity contribution in [1.82, 2.24) is 9.55 Å². The van der Waals surface area contributed by atoms with E-state index in [1.165, 1.54) is 31.4 Å². The molecule has 0 bridgehead atoms. The summed E-state index contributed by atoms with van der Waals surface area (Å²) in [4.78, 5) is 6.56. The van der Waals surface area contributed by atoms with Gasteiger partial charge in [0.25, 0.3) is 0 Å². The van der Waals surface area contributed by atoms with Crippen LogP contribution in [0.3, 0.4) is 0 Å². The van der Waals surface area contributed by atoms with Gasteiger partial charge in [0.05, 0.1) is 0 Å². The second-order valence-electron chi connectivity index (χ2n) is 5.66. The molecule has 0 saturated heterocycles. The smallest absolute Gasteiger partial charge is 0.207 e. The standard InChI is InChI=1S/C16H22N4/c1-19(2)14-7-9-15(10-8-14)20-12-11-17-16(20)18-13-5-3-4-6-13/h7-13H,3-6H2,1-2H3,(H,17,18). The van der Waals surface area contributed by atoms with Crippen molar-refractivity contribution in [2.45, 2.75) is 31.7 Å². The summed E-state index contributed by atoms with van der Waals surface area (Å²) in [6.45, 7) is 0. The van der Waals surface area contributed by atoms with Gasteiger partial charge in [-0.1, -0.05) is 12.8 Å². The highest BCUT2D eigenvalue weighted by Gasteiger charge is 2.16. The van der Waals surface area contributed by atoms with E-state index in [1.54, 1.807) is 0 Å². The summed E-state index contributed by atoms with van der Waals surface area (Å²) >= 11 is 0. The maximum absolute atomic E-state index is 4.46. The van der Waals surface area contributed by atoms with Crippen LogP contribution in [0.4, 0.5) is 11.6 Å². The molecule has 0 aliphatic heterocycles. The van der Waals surface area contributed by atoms with E-state index in [1.807, 2.05) is 12.4 Å². The molecule has 2 aromatic rings. The Balaban J connectivity index is 1.81. The van der Waals surface area contributed by atoms with Crippen LogP contribution >= 0.6 is 0 Å². The fraction of sp³-hybridized carbons (Fsp3) is 0.438. The molecule has 1 aliphatic rings. The third-order valence-corrected chi connectivity index (χ3v) is 3.97. The normalized spacial score (nSPS) is 15.5. The Hall–Kier alpha value is -1.97. The van der Waals surface area contributed by atoms with Crippen molar-refractivity contribution in [2.75, 3.05) is 24.3 Å². The number of nitrogens with one attached hydrogen (secondary N) is 1. The van der Waals surface area contributed by atoms with Gasteiger partial charge in [0.15, 0.2) is 0 Å². The second-order valence-corrected chi connectivity index (χ2v) is 5.66. The molecule has 1 N–H and O–H groups in total. The summed E-state index contributed by atoms with van der Waals surface area (Å²) in [5, 5.41) is 3.57. The van der Waals surface area contributed by atoms with Gasteiger partial charge in [0, 0.05) is 43.9 Å². The Morgan fingerprint density at radius 3 is 2.50 bits per heavy atom. The summed E-state index contributed by atoms with van der Waals surface area (Å²) in [5.74, 6) is 0.953. The van der Waals surface area contributed by atoms with Crippen molar-refractivity contribution in [3.8, 4) is 5.69 Å². The lowest BCUT2D eigenvalue weighted by molar-refractivity contribution is 0.740. The summed E-state index contributed by atoms with van der Waals surface area (Å²) in [6, 6.07) is 9.12. The van der Waals surface area contributed by atoms with E-state index in [4.69, 9.17) is 0 Å². The lowest BCUT2D eigenvalue weighted by Crippen LogP contribution is -2.17. The summed E-state index contributed by atoms with van der Waals surface area (Å²) in [7, 11) is 4.11. The summed E-state index contributed by atoms with van der Waals surface area (Å²) in [5.41, 5.74) is 2.35. The Morgan fingerprint density at radius 2 is 1.85 bits per heavy atom. The van der Waals surface area contributed by atoms with Crippen LogP contribution in [0.15, 0.2) is 36.7 Å². The van der Waals surface area contributed by atoms with Crippen molar-refractivity contribution in [3.05, 3.63) is 36.7 Å². The van der Waals surface area contributed by atoms with Crippen LogP contribution in [-0.4, -0.2) is 29.7 Å². The number of rotatable bonds is 4. The summed E-state index contributed by atoms with van der Waals surface area (Å²) < 4.78 is 2.12. The maximum atomic E-state index is 4.46. The minimum Gasteiger partial charge on any atom is -0.378 e. The van der Waals surface area contributed by atoms with Gasteiger partial charge in [0.1, 0.15) is 0 Å². The number of anilines is 2. The van der Waals surface area contributed by atoms with Gasteiger partial charge in [-0.2, -0.15) is 0 Å². The largest absolute Gasteiger partial charge is 0.378 e. The van der Waals surface area contributed by atoms with E-state index >= 15 is 0 Å². The first kappa shape index (κ1) is 13.0. The van der Waals surface area contributed by atoms with Gasteiger partial charge in [-0.05, 0) is 37.1 Å². The molecule has 1 aromatic heterocycles. The number of imidazole rings is 1. The Bertz CT molecular complexity index is 550. The zero-order valence-electron chi connectivity index (χ0n) is 12.2. The highest BCUT2D eigenvalue weighted by Crippen LogP contribution is 2.23. The van der Waals surface area contributed by atoms with E-state index in [0.717, 1.165) is 11.6 Å². The monoisotopic (exact) mass is 270 g/mol. The van der Waals surface area contributed by atoms with Crippen LogP contribution in [0.2, 0.25) is 0 Å². The lowest BCUT2D eigenvalue weighted by Gasteiger charge is -2.16. The van der Waals surface area contributed by atoms with Crippen molar-refractivity contribution < 1.29 is 0 Å². The van der Waals surface area contributed by atoms with Crippen LogP contribution in [0.1, 0.15) is 25.7 Å². The zero-order chi connectivity index (χ0) is 13.9. The van der Waals surface area contributed by atoms with Crippen molar-refractivity contribution in [3.63, 3.8) is 0 Å². The van der Waals surface area contributed by atoms with Gasteiger partial charge in [-0.3, -0.25) is 4.57 Å². The first-order chi connectivity index (χ1) is 9.74. The van der Waals surface area contributed by atoms with E-state index in [9.17, 15) is 0 Å². The minimum absolute atomic E-state index is 0.581. The number of nitrogens with zero attached hydrogens (tertiary/aromatic N) is 3. The molecule has 0 unspecified atom stereocenters. The van der Waals surface area contributed by atoms with Gasteiger partial charge < -0.3 is 10.2 Å². The minimum atomic E-state index is 0.581. The van der Waals surface area contributed by atoms with Crippen LogP contribution in [0.25, 0.3) is 5.69 Å². The Labute approximate surface area is 120 Å². The predicted molar refractivity (Wildman–Crippen MR) is 83.8 cm³/mol. The topological polar surface area (TPSA) is 33.1 Å². The van der Waals surface area contributed by atoms with Gasteiger partial charge in [-0.15, -0.1) is 0 Å². The molecule has 1 heterocycles. The molecule has 20 heavy (non-hydrogen) atoms. The maximum Gasteiger partial charge on any atom is 0.207 e. The number of hydrogen-bond acceptors (Lipinski definition) is 3. The molecule has 1 aliphatic carbocycles. The molecule has 4 heteroatoms. The fourth-order valence-corrected chi connectivity index (χ4v) is 2.78. The molecule has 4 nitrogen and oxygen atoms in total. The SMILES string of the molecule is CN(C)c1ccc(-n2ccnc2NC2CCCC2)cc1. The molecule has 0 amide bonds. The highest BCUT2D eigenvalue weighted by atomic mass is 15.2. The van der Waals surface area contributed by atoms with E-state index < -0.39 is 0 Å². The van der Waals surface area contributed by atoms with Crippen LogP contribution in [-0.2, 0) is 0 Å². The van der Waals surface area contributed by atoms with Crippen molar-refractivity contribution in [1.29, 1.82) is 0 Å². The highest BCUT2D eigenvalue weighted by molar-refractivity contribution is 5.52. The summed E-state index contributed by atoms with van der Waals surface area (Å²) in [6.07, 6.45) is 9.05. The van der Waals surface area contributed by atoms with Gasteiger partial charge in [-0.25, -0.2) is 4.98 Å². The van der Waals surface area contributed by atoms with E-state index in [2.05, 4.69) is 58.1 Å². The quantitative estimate of drug-likeness (QED) is 0.925. The van der Waals surface area contributed by atoms with Crippen molar-refractivity contribution in [2.24, 2.45) is 0 Å². The molecule has 3 rings (SSSR count). The third kappa shape index (κ3) is 2.64. The first-order valence-electron chi connectivity index (χ1n) is 7.32. The lowest BCUT2D eigenvalue weighted by atomic mass is 10.2. The average Bonchev–Trinajstić information content (AvgIpc) is 3.11. The predicted octanol–water partition coefficient (Wildman–Crippen LogP) is 3.29. The van der Waals surface area contributed by atoms with Crippen LogP contribution in [0, 0.1) is 0 Å². The molecule has 1 aromatic carbocycles. The van der Waals surface area contributed by atoms with Gasteiger partial charge in [0.2, 0.25) is 5.95 Å². The fourth-order valence-electron chi connectivity index (χ4n) is 2.78.